The molecule has 3 aromatic rings. The number of hydrogen-bond acceptors (Lipinski definition) is 6. The van der Waals surface area contributed by atoms with Crippen LogP contribution in [0.2, 0.25) is 0 Å². The maximum absolute atomic E-state index is 13.0. The van der Waals surface area contributed by atoms with Crippen molar-refractivity contribution in [3.05, 3.63) is 66.7 Å². The van der Waals surface area contributed by atoms with Crippen LogP contribution in [0.15, 0.2) is 60.9 Å². The molecule has 2 amide bonds. The van der Waals surface area contributed by atoms with Crippen molar-refractivity contribution < 1.29 is 9.59 Å². The van der Waals surface area contributed by atoms with Crippen molar-refractivity contribution in [2.24, 2.45) is 0 Å². The molecule has 5 rings (SSSR count). The number of nitrogens with zero attached hydrogens (tertiary/aromatic N) is 4. The fourth-order valence-electron chi connectivity index (χ4n) is 4.46. The monoisotopic (exact) mass is 442 g/mol. The van der Waals surface area contributed by atoms with E-state index in [1.165, 1.54) is 0 Å². The van der Waals surface area contributed by atoms with Crippen LogP contribution in [-0.4, -0.2) is 50.8 Å². The summed E-state index contributed by atoms with van der Waals surface area (Å²) in [7, 11) is 0. The van der Waals surface area contributed by atoms with E-state index in [0.29, 0.717) is 31.7 Å². The Bertz CT molecular complexity index is 1140. The third-order valence-corrected chi connectivity index (χ3v) is 6.16. The Balaban J connectivity index is 1.42. The molecule has 2 saturated heterocycles. The van der Waals surface area contributed by atoms with E-state index in [1.807, 2.05) is 53.4 Å². The van der Waals surface area contributed by atoms with Gasteiger partial charge in [-0.3, -0.25) is 14.6 Å². The average molecular weight is 443 g/mol. The smallest absolute Gasteiger partial charge is 0.245 e. The molecule has 1 aromatic carbocycles. The number of nitrogens with one attached hydrogen (secondary N) is 2. The number of carbonyl (C=O) groups excluding carboxylic acids is 2. The second kappa shape index (κ2) is 9.36. The van der Waals surface area contributed by atoms with Crippen molar-refractivity contribution in [1.29, 1.82) is 0 Å². The van der Waals surface area contributed by atoms with Crippen LogP contribution in [0.4, 0.5) is 11.5 Å². The molecule has 4 heterocycles. The van der Waals surface area contributed by atoms with Crippen LogP contribution in [0.3, 0.4) is 0 Å². The zero-order valence-corrected chi connectivity index (χ0v) is 18.3. The molecule has 2 atom stereocenters. The van der Waals surface area contributed by atoms with Crippen molar-refractivity contribution in [2.45, 2.75) is 37.6 Å². The van der Waals surface area contributed by atoms with Crippen LogP contribution in [0, 0.1) is 0 Å². The van der Waals surface area contributed by atoms with Gasteiger partial charge in [0, 0.05) is 55.1 Å². The summed E-state index contributed by atoms with van der Waals surface area (Å²) in [4.78, 5) is 40.2. The number of pyridine rings is 1. The molecule has 0 aliphatic carbocycles. The lowest BCUT2D eigenvalue weighted by molar-refractivity contribution is -0.135. The first-order valence-corrected chi connectivity index (χ1v) is 11.4. The summed E-state index contributed by atoms with van der Waals surface area (Å²) >= 11 is 0. The third-order valence-electron chi connectivity index (χ3n) is 6.16. The van der Waals surface area contributed by atoms with Gasteiger partial charge in [-0.15, -0.1) is 0 Å². The first-order chi connectivity index (χ1) is 16.2. The van der Waals surface area contributed by atoms with Crippen LogP contribution >= 0.6 is 0 Å². The largest absolute Gasteiger partial charge is 0.344 e. The molecule has 0 radical (unpaired) electrons. The standard InChI is InChI=1S/C25H26N6O2/c32-23-9-8-20(28-23)25(33)31-14-4-5-18(16-31)24-29-21(17-10-12-26-13-11-17)15-22(30-24)27-19-6-2-1-3-7-19/h1-3,6-7,10-13,15,18,20H,4-5,8-9,14,16H2,(H,28,32)(H,27,29,30)/t18-,20+/m1/s1. The molecule has 0 spiro atoms. The van der Waals surface area contributed by atoms with Gasteiger partial charge < -0.3 is 15.5 Å². The van der Waals surface area contributed by atoms with E-state index < -0.39 is 6.04 Å². The molecule has 0 bridgehead atoms. The van der Waals surface area contributed by atoms with Crippen molar-refractivity contribution in [2.75, 3.05) is 18.4 Å². The highest BCUT2D eigenvalue weighted by Gasteiger charge is 2.34. The summed E-state index contributed by atoms with van der Waals surface area (Å²) in [5, 5.41) is 6.18. The number of hydrogen-bond donors (Lipinski definition) is 2. The summed E-state index contributed by atoms with van der Waals surface area (Å²) in [5.41, 5.74) is 2.72. The number of anilines is 2. The van der Waals surface area contributed by atoms with Crippen LogP contribution in [0.25, 0.3) is 11.3 Å². The first kappa shape index (κ1) is 21.1. The van der Waals surface area contributed by atoms with Gasteiger partial charge in [-0.2, -0.15) is 0 Å². The van der Waals surface area contributed by atoms with Gasteiger partial charge >= 0.3 is 0 Å². The Morgan fingerprint density at radius 3 is 2.64 bits per heavy atom. The third kappa shape index (κ3) is 4.84. The Labute approximate surface area is 192 Å². The maximum Gasteiger partial charge on any atom is 0.245 e. The molecule has 8 heteroatoms. The molecule has 0 saturated carbocycles. The molecule has 2 aliphatic heterocycles. The average Bonchev–Trinajstić information content (AvgIpc) is 3.31. The van der Waals surface area contributed by atoms with Crippen molar-refractivity contribution in [3.8, 4) is 11.3 Å². The minimum atomic E-state index is -0.407. The van der Waals surface area contributed by atoms with Gasteiger partial charge in [0.05, 0.1) is 5.69 Å². The van der Waals surface area contributed by atoms with Crippen LogP contribution < -0.4 is 10.6 Å². The zero-order chi connectivity index (χ0) is 22.6. The van der Waals surface area contributed by atoms with Gasteiger partial charge in [0.15, 0.2) is 0 Å². The first-order valence-electron chi connectivity index (χ1n) is 11.4. The van der Waals surface area contributed by atoms with Crippen molar-refractivity contribution >= 4 is 23.3 Å². The predicted octanol–water partition coefficient (Wildman–Crippen LogP) is 3.27. The van der Waals surface area contributed by atoms with Crippen LogP contribution in [-0.2, 0) is 9.59 Å². The quantitative estimate of drug-likeness (QED) is 0.629. The lowest BCUT2D eigenvalue weighted by atomic mass is 9.96. The number of rotatable bonds is 5. The predicted molar refractivity (Wildman–Crippen MR) is 125 cm³/mol. The minimum absolute atomic E-state index is 0.00141. The second-order valence-corrected chi connectivity index (χ2v) is 8.51. The van der Waals surface area contributed by atoms with E-state index in [0.717, 1.165) is 35.6 Å². The molecule has 8 nitrogen and oxygen atoms in total. The number of para-hydroxylation sites is 1. The molecule has 33 heavy (non-hydrogen) atoms. The van der Waals surface area contributed by atoms with E-state index in [-0.39, 0.29) is 17.7 Å². The Hall–Kier alpha value is -3.81. The van der Waals surface area contributed by atoms with Gasteiger partial charge in [0.2, 0.25) is 11.8 Å². The van der Waals surface area contributed by atoms with E-state index in [9.17, 15) is 9.59 Å². The molecule has 0 unspecified atom stereocenters. The molecule has 2 fully saturated rings. The zero-order valence-electron chi connectivity index (χ0n) is 18.3. The Morgan fingerprint density at radius 1 is 1.06 bits per heavy atom. The molecule has 2 aromatic heterocycles. The van der Waals surface area contributed by atoms with Gasteiger partial charge in [0.25, 0.3) is 0 Å². The fraction of sp³-hybridized carbons (Fsp3) is 0.320. The van der Waals surface area contributed by atoms with E-state index in [4.69, 9.17) is 9.97 Å². The topological polar surface area (TPSA) is 100 Å². The lowest BCUT2D eigenvalue weighted by Crippen LogP contribution is -2.48. The van der Waals surface area contributed by atoms with Crippen LogP contribution in [0.5, 0.6) is 0 Å². The highest BCUT2D eigenvalue weighted by Crippen LogP contribution is 2.29. The minimum Gasteiger partial charge on any atom is -0.344 e. The number of benzene rings is 1. The number of aromatic nitrogens is 3. The Morgan fingerprint density at radius 2 is 1.88 bits per heavy atom. The van der Waals surface area contributed by atoms with Crippen LogP contribution in [0.1, 0.15) is 37.4 Å². The SMILES string of the molecule is O=C1CC[C@@H](C(=O)N2CCC[C@@H](c3nc(Nc4ccccc4)cc(-c4ccncc4)n3)C2)N1. The lowest BCUT2D eigenvalue weighted by Gasteiger charge is -2.33. The second-order valence-electron chi connectivity index (χ2n) is 8.51. The number of likely N-dealkylation sites (tertiary alicyclic amines) is 1. The summed E-state index contributed by atoms with van der Waals surface area (Å²) < 4.78 is 0. The normalized spacial score (nSPS) is 20.4. The van der Waals surface area contributed by atoms with Gasteiger partial charge in [-0.25, -0.2) is 9.97 Å². The summed E-state index contributed by atoms with van der Waals surface area (Å²) in [5.74, 6) is 1.41. The number of piperidine rings is 1. The molecular formula is C25H26N6O2. The summed E-state index contributed by atoms with van der Waals surface area (Å²) in [6, 6.07) is 15.3. The van der Waals surface area contributed by atoms with Gasteiger partial charge in [-0.05, 0) is 43.5 Å². The Kier molecular flexibility index (Phi) is 5.97. The molecule has 2 aliphatic rings. The number of carbonyl (C=O) groups is 2. The molecular weight excluding hydrogens is 416 g/mol. The highest BCUT2D eigenvalue weighted by molar-refractivity contribution is 5.90. The molecule has 2 N–H and O–H groups in total. The molecule has 168 valence electrons. The van der Waals surface area contributed by atoms with Crippen molar-refractivity contribution in [3.63, 3.8) is 0 Å². The van der Waals surface area contributed by atoms with E-state index >= 15 is 0 Å². The number of amides is 2. The van der Waals surface area contributed by atoms with Crippen molar-refractivity contribution in [1.82, 2.24) is 25.2 Å². The summed E-state index contributed by atoms with van der Waals surface area (Å²) in [6.45, 7) is 1.25. The fourth-order valence-corrected chi connectivity index (χ4v) is 4.46. The highest BCUT2D eigenvalue weighted by atomic mass is 16.2. The van der Waals surface area contributed by atoms with E-state index in [1.54, 1.807) is 12.4 Å². The maximum atomic E-state index is 13.0. The van der Waals surface area contributed by atoms with E-state index in [2.05, 4.69) is 15.6 Å². The van der Waals surface area contributed by atoms with Gasteiger partial charge in [-0.1, -0.05) is 18.2 Å². The summed E-state index contributed by atoms with van der Waals surface area (Å²) in [6.07, 6.45) is 6.26. The van der Waals surface area contributed by atoms with Gasteiger partial charge in [0.1, 0.15) is 17.7 Å².